The van der Waals surface area contributed by atoms with Crippen molar-refractivity contribution in [3.63, 3.8) is 0 Å². The molecule has 1 heterocycles. The van der Waals surface area contributed by atoms with Crippen molar-refractivity contribution in [3.8, 4) is 0 Å². The number of aryl methyl sites for hydroxylation is 1. The fraction of sp³-hybridized carbons (Fsp3) is 0.652. The largest absolute Gasteiger partial charge is 0.460 e. The summed E-state index contributed by atoms with van der Waals surface area (Å²) in [5.41, 5.74) is 0.996. The van der Waals surface area contributed by atoms with Crippen LogP contribution in [0.1, 0.15) is 57.4 Å². The molecule has 2 rings (SSSR count). The first-order valence-electron chi connectivity index (χ1n) is 10.9. The highest BCUT2D eigenvalue weighted by molar-refractivity contribution is 7.86. The minimum absolute atomic E-state index is 0.108. The van der Waals surface area contributed by atoms with E-state index < -0.39 is 10.1 Å². The lowest BCUT2D eigenvalue weighted by atomic mass is 10.1. The average molecular weight is 455 g/mol. The van der Waals surface area contributed by atoms with Crippen molar-refractivity contribution >= 4 is 16.1 Å². The quantitative estimate of drug-likeness (QED) is 0.240. The molecule has 2 unspecified atom stereocenters. The van der Waals surface area contributed by atoms with Crippen molar-refractivity contribution in [3.05, 3.63) is 36.2 Å². The molecule has 1 aliphatic heterocycles. The summed E-state index contributed by atoms with van der Waals surface area (Å²) in [7, 11) is -3.71. The Hall–Kier alpha value is -1.48. The van der Waals surface area contributed by atoms with E-state index in [2.05, 4.69) is 6.42 Å². The SMILES string of the molecule is CC(=O)OC(CCCCCCOS(=O)(=O)c1ccc(C)cc1)COCC1[C]CCCO1. The van der Waals surface area contributed by atoms with Crippen molar-refractivity contribution in [2.45, 2.75) is 75.9 Å². The van der Waals surface area contributed by atoms with Gasteiger partial charge in [0.25, 0.3) is 10.1 Å². The molecule has 0 amide bonds. The third-order valence-electron chi connectivity index (χ3n) is 4.89. The zero-order valence-corrected chi connectivity index (χ0v) is 19.3. The van der Waals surface area contributed by atoms with Crippen molar-refractivity contribution in [2.24, 2.45) is 0 Å². The zero-order valence-electron chi connectivity index (χ0n) is 18.5. The lowest BCUT2D eigenvalue weighted by molar-refractivity contribution is -0.150. The van der Waals surface area contributed by atoms with Gasteiger partial charge in [0.05, 0.1) is 30.8 Å². The predicted molar refractivity (Wildman–Crippen MR) is 116 cm³/mol. The Morgan fingerprint density at radius 2 is 1.94 bits per heavy atom. The molecule has 1 saturated heterocycles. The third kappa shape index (κ3) is 10.6. The van der Waals surface area contributed by atoms with Crippen molar-refractivity contribution in [2.75, 3.05) is 26.4 Å². The van der Waals surface area contributed by atoms with E-state index in [0.717, 1.165) is 44.3 Å². The Bertz CT molecular complexity index is 740. The van der Waals surface area contributed by atoms with Gasteiger partial charge in [-0.15, -0.1) is 0 Å². The highest BCUT2D eigenvalue weighted by atomic mass is 32.2. The predicted octanol–water partition coefficient (Wildman–Crippen LogP) is 3.86. The van der Waals surface area contributed by atoms with Crippen LogP contribution >= 0.6 is 0 Å². The topological polar surface area (TPSA) is 88.1 Å². The van der Waals surface area contributed by atoms with Crippen molar-refractivity contribution in [1.29, 1.82) is 0 Å². The average Bonchev–Trinajstić information content (AvgIpc) is 2.73. The van der Waals surface area contributed by atoms with Crippen LogP contribution in [0.5, 0.6) is 0 Å². The molecule has 1 aliphatic rings. The summed E-state index contributed by atoms with van der Waals surface area (Å²) in [6.07, 6.45) is 8.64. The molecule has 2 atom stereocenters. The fourth-order valence-corrected chi connectivity index (χ4v) is 4.16. The van der Waals surface area contributed by atoms with Crippen LogP contribution in [0.4, 0.5) is 0 Å². The monoisotopic (exact) mass is 454 g/mol. The normalized spacial score (nSPS) is 17.9. The maximum Gasteiger partial charge on any atom is 0.302 e. The molecule has 1 aromatic carbocycles. The highest BCUT2D eigenvalue weighted by Gasteiger charge is 2.18. The summed E-state index contributed by atoms with van der Waals surface area (Å²) in [5, 5.41) is 0. The van der Waals surface area contributed by atoms with E-state index >= 15 is 0 Å². The van der Waals surface area contributed by atoms with Crippen LogP contribution in [0.3, 0.4) is 0 Å². The maximum absolute atomic E-state index is 12.1. The third-order valence-corrected chi connectivity index (χ3v) is 6.21. The summed E-state index contributed by atoms with van der Waals surface area (Å²) in [6.45, 7) is 4.93. The molecular weight excluding hydrogens is 420 g/mol. The summed E-state index contributed by atoms with van der Waals surface area (Å²) in [4.78, 5) is 11.5. The first-order chi connectivity index (χ1) is 14.9. The molecule has 1 fully saturated rings. The molecule has 0 saturated carbocycles. The molecule has 0 aliphatic carbocycles. The van der Waals surface area contributed by atoms with Gasteiger partial charge >= 0.3 is 5.97 Å². The van der Waals surface area contributed by atoms with E-state index in [1.165, 1.54) is 6.92 Å². The zero-order chi connectivity index (χ0) is 22.5. The minimum Gasteiger partial charge on any atom is -0.460 e. The number of esters is 1. The number of rotatable bonds is 14. The van der Waals surface area contributed by atoms with Crippen LogP contribution in [0.2, 0.25) is 0 Å². The van der Waals surface area contributed by atoms with Crippen LogP contribution < -0.4 is 0 Å². The van der Waals surface area contributed by atoms with E-state index in [9.17, 15) is 13.2 Å². The Kier molecular flexibility index (Phi) is 11.5. The first kappa shape index (κ1) is 25.8. The molecule has 7 nitrogen and oxygen atoms in total. The van der Waals surface area contributed by atoms with Gasteiger partial charge in [0.15, 0.2) is 0 Å². The number of hydrogen-bond donors (Lipinski definition) is 0. The van der Waals surface area contributed by atoms with Gasteiger partial charge in [-0.05, 0) is 51.2 Å². The van der Waals surface area contributed by atoms with Crippen LogP contribution in [0, 0.1) is 13.3 Å². The Balaban J connectivity index is 1.58. The summed E-state index contributed by atoms with van der Waals surface area (Å²) in [5.74, 6) is -0.324. The number of unbranched alkanes of at least 4 members (excludes halogenated alkanes) is 3. The molecule has 8 heteroatoms. The molecular formula is C23H34O7S. The van der Waals surface area contributed by atoms with Gasteiger partial charge in [-0.2, -0.15) is 8.42 Å². The lowest BCUT2D eigenvalue weighted by Crippen LogP contribution is -2.29. The van der Waals surface area contributed by atoms with Crippen LogP contribution in [-0.2, 0) is 33.3 Å². The number of benzene rings is 1. The van der Waals surface area contributed by atoms with E-state index in [1.54, 1.807) is 24.3 Å². The van der Waals surface area contributed by atoms with Gasteiger partial charge in [0.2, 0.25) is 0 Å². The van der Waals surface area contributed by atoms with Gasteiger partial charge in [-0.3, -0.25) is 8.98 Å². The smallest absolute Gasteiger partial charge is 0.302 e. The molecule has 174 valence electrons. The molecule has 0 spiro atoms. The van der Waals surface area contributed by atoms with Gasteiger partial charge in [0, 0.05) is 20.0 Å². The first-order valence-corrected chi connectivity index (χ1v) is 12.3. The standard InChI is InChI=1S/C23H34O7S/c1-19-11-13-23(14-12-19)31(25,26)29-16-7-4-3-5-10-22(30-20(2)24)18-27-17-21-9-6-8-15-28-21/h11-14,21-22H,3-8,10,15-18H2,1-2H3. The van der Waals surface area contributed by atoms with Crippen LogP contribution in [0.25, 0.3) is 0 Å². The Labute approximate surface area is 186 Å². The van der Waals surface area contributed by atoms with Crippen molar-refractivity contribution in [1.82, 2.24) is 0 Å². The van der Waals surface area contributed by atoms with Gasteiger partial charge in [-0.1, -0.05) is 30.5 Å². The number of carbonyl (C=O) groups is 1. The van der Waals surface area contributed by atoms with Gasteiger partial charge < -0.3 is 14.2 Å². The number of ether oxygens (including phenoxy) is 3. The van der Waals surface area contributed by atoms with E-state index in [4.69, 9.17) is 18.4 Å². The molecule has 1 aromatic rings. The second-order valence-electron chi connectivity index (χ2n) is 7.73. The van der Waals surface area contributed by atoms with E-state index in [1.807, 2.05) is 6.92 Å². The summed E-state index contributed by atoms with van der Waals surface area (Å²) < 4.78 is 45.9. The summed E-state index contributed by atoms with van der Waals surface area (Å²) in [6, 6.07) is 6.60. The molecule has 31 heavy (non-hydrogen) atoms. The van der Waals surface area contributed by atoms with Gasteiger partial charge in [0.1, 0.15) is 6.10 Å². The fourth-order valence-electron chi connectivity index (χ4n) is 3.21. The summed E-state index contributed by atoms with van der Waals surface area (Å²) >= 11 is 0. The lowest BCUT2D eigenvalue weighted by Gasteiger charge is -2.23. The van der Waals surface area contributed by atoms with Crippen LogP contribution in [0.15, 0.2) is 29.2 Å². The van der Waals surface area contributed by atoms with Crippen LogP contribution in [-0.4, -0.2) is 53.0 Å². The number of hydrogen-bond acceptors (Lipinski definition) is 7. The molecule has 2 radical (unpaired) electrons. The van der Waals surface area contributed by atoms with E-state index in [0.29, 0.717) is 26.1 Å². The van der Waals surface area contributed by atoms with E-state index in [-0.39, 0.29) is 29.7 Å². The molecule has 0 aromatic heterocycles. The second kappa shape index (κ2) is 13.8. The molecule has 0 N–H and O–H groups in total. The Morgan fingerprint density at radius 3 is 2.61 bits per heavy atom. The molecule has 0 bridgehead atoms. The minimum atomic E-state index is -3.71. The Morgan fingerprint density at radius 1 is 1.19 bits per heavy atom. The second-order valence-corrected chi connectivity index (χ2v) is 9.34. The van der Waals surface area contributed by atoms with Crippen molar-refractivity contribution < 1.29 is 31.6 Å². The maximum atomic E-state index is 12.1. The number of carbonyl (C=O) groups excluding carboxylic acids is 1. The van der Waals surface area contributed by atoms with Gasteiger partial charge in [-0.25, -0.2) is 0 Å². The highest BCUT2D eigenvalue weighted by Crippen LogP contribution is 2.16.